The smallest absolute Gasteiger partial charge is 0.0229 e. The van der Waals surface area contributed by atoms with Gasteiger partial charge in [-0.25, -0.2) is 0 Å². The molecule has 0 aromatic heterocycles. The molecule has 0 saturated heterocycles. The van der Waals surface area contributed by atoms with Gasteiger partial charge in [-0.1, -0.05) is 165 Å². The van der Waals surface area contributed by atoms with Crippen molar-refractivity contribution in [2.24, 2.45) is 0 Å². The number of alkyl halides is 1. The second-order valence-corrected chi connectivity index (χ2v) is 11.5. The zero-order valence-electron chi connectivity index (χ0n) is 20.1. The van der Waals surface area contributed by atoms with Gasteiger partial charge in [-0.15, -0.1) is 0 Å². The van der Waals surface area contributed by atoms with Gasteiger partial charge in [0.15, 0.2) is 0 Å². The Morgan fingerprint density at radius 3 is 0.857 bits per heavy atom. The molecule has 0 heterocycles. The lowest BCUT2D eigenvalue weighted by Crippen LogP contribution is -2.15. The summed E-state index contributed by atoms with van der Waals surface area (Å²) in [7, 11) is 0. The van der Waals surface area contributed by atoms with Crippen LogP contribution in [0, 0.1) is 0 Å². The Hall–Kier alpha value is 0.480. The monoisotopic (exact) mass is 458 g/mol. The van der Waals surface area contributed by atoms with E-state index in [-0.39, 0.29) is 0 Å². The van der Waals surface area contributed by atoms with Gasteiger partial charge < -0.3 is 0 Å². The average Bonchev–Trinajstić information content (AvgIpc) is 2.67. The molecule has 0 aromatic rings. The maximum absolute atomic E-state index is 4.02. The molecule has 0 spiro atoms. The van der Waals surface area contributed by atoms with E-state index in [4.69, 9.17) is 0 Å². The van der Waals surface area contributed by atoms with Gasteiger partial charge in [0.1, 0.15) is 0 Å². The van der Waals surface area contributed by atoms with Crippen LogP contribution in [0.2, 0.25) is 0 Å². The fourth-order valence-corrected chi connectivity index (χ4v) is 4.82. The lowest BCUT2D eigenvalue weighted by atomic mass is 9.95. The zero-order valence-corrected chi connectivity index (χ0v) is 21.7. The molecule has 0 amide bonds. The SMILES string of the molecule is CCCCCCCCCCCCCC(C)(Br)CCCCCCCCCCCC. The normalized spacial score (nSPS) is 13.7. The largest absolute Gasteiger partial charge is 0.0856 e. The second kappa shape index (κ2) is 22.2. The summed E-state index contributed by atoms with van der Waals surface area (Å²) in [5, 5.41) is 0. The minimum Gasteiger partial charge on any atom is -0.0856 e. The van der Waals surface area contributed by atoms with Crippen LogP contribution in [-0.2, 0) is 0 Å². The predicted molar refractivity (Wildman–Crippen MR) is 135 cm³/mol. The van der Waals surface area contributed by atoms with E-state index in [0.717, 1.165) is 0 Å². The molecule has 0 aliphatic rings. The first kappa shape index (κ1) is 28.5. The molecule has 0 fully saturated rings. The molecule has 0 aliphatic carbocycles. The highest BCUT2D eigenvalue weighted by Crippen LogP contribution is 2.31. The van der Waals surface area contributed by atoms with Crippen LogP contribution in [0.4, 0.5) is 0 Å². The minimum absolute atomic E-state index is 0.395. The zero-order chi connectivity index (χ0) is 20.8. The number of unbranched alkanes of at least 4 members (excludes halogenated alkanes) is 19. The molecule has 1 heteroatoms. The molecule has 0 radical (unpaired) electrons. The Bertz CT molecular complexity index is 284. The highest BCUT2D eigenvalue weighted by Gasteiger charge is 2.18. The fourth-order valence-electron chi connectivity index (χ4n) is 4.26. The highest BCUT2D eigenvalue weighted by molar-refractivity contribution is 9.10. The quantitative estimate of drug-likeness (QED) is 0.105. The molecule has 0 rings (SSSR count). The van der Waals surface area contributed by atoms with Crippen molar-refractivity contribution in [3.63, 3.8) is 0 Å². The van der Waals surface area contributed by atoms with E-state index < -0.39 is 0 Å². The van der Waals surface area contributed by atoms with Crippen molar-refractivity contribution in [2.75, 3.05) is 0 Å². The maximum atomic E-state index is 4.02. The van der Waals surface area contributed by atoms with Crippen LogP contribution in [0.5, 0.6) is 0 Å². The molecule has 0 bridgehead atoms. The van der Waals surface area contributed by atoms with Crippen LogP contribution in [0.25, 0.3) is 0 Å². The van der Waals surface area contributed by atoms with Crippen molar-refractivity contribution < 1.29 is 0 Å². The Kier molecular flexibility index (Phi) is 22.6. The topological polar surface area (TPSA) is 0 Å². The summed E-state index contributed by atoms with van der Waals surface area (Å²) in [4.78, 5) is 0. The molecule has 0 nitrogen and oxygen atoms in total. The lowest BCUT2D eigenvalue weighted by Gasteiger charge is -2.22. The Morgan fingerprint density at radius 1 is 0.393 bits per heavy atom. The molecule has 170 valence electrons. The molecule has 0 aliphatic heterocycles. The van der Waals surface area contributed by atoms with Crippen LogP contribution in [-0.4, -0.2) is 4.32 Å². The molecule has 1 atom stereocenters. The van der Waals surface area contributed by atoms with Crippen LogP contribution in [0.1, 0.15) is 168 Å². The molecule has 1 unspecified atom stereocenters. The highest BCUT2D eigenvalue weighted by atomic mass is 79.9. The Labute approximate surface area is 188 Å². The summed E-state index contributed by atoms with van der Waals surface area (Å²) in [5.74, 6) is 0. The van der Waals surface area contributed by atoms with E-state index in [1.165, 1.54) is 148 Å². The van der Waals surface area contributed by atoms with Gasteiger partial charge >= 0.3 is 0 Å². The van der Waals surface area contributed by atoms with Crippen LogP contribution in [0.3, 0.4) is 0 Å². The van der Waals surface area contributed by atoms with Gasteiger partial charge in [0, 0.05) is 4.32 Å². The van der Waals surface area contributed by atoms with Gasteiger partial charge in [0.2, 0.25) is 0 Å². The summed E-state index contributed by atoms with van der Waals surface area (Å²) in [6.45, 7) is 7.03. The first-order valence-electron chi connectivity index (χ1n) is 13.3. The van der Waals surface area contributed by atoms with Gasteiger partial charge in [-0.05, 0) is 19.8 Å². The van der Waals surface area contributed by atoms with Gasteiger partial charge in [0.25, 0.3) is 0 Å². The number of halogens is 1. The molecular weight excluding hydrogens is 404 g/mol. The van der Waals surface area contributed by atoms with E-state index in [2.05, 4.69) is 36.7 Å². The predicted octanol–water partition coefficient (Wildman–Crippen LogP) is 11.2. The average molecular weight is 460 g/mol. The molecule has 28 heavy (non-hydrogen) atoms. The van der Waals surface area contributed by atoms with E-state index in [0.29, 0.717) is 4.32 Å². The maximum Gasteiger partial charge on any atom is 0.0229 e. The molecule has 0 saturated carbocycles. The lowest BCUT2D eigenvalue weighted by molar-refractivity contribution is 0.469. The summed E-state index contributed by atoms with van der Waals surface area (Å²) < 4.78 is 0.395. The van der Waals surface area contributed by atoms with Gasteiger partial charge in [-0.3, -0.25) is 0 Å². The van der Waals surface area contributed by atoms with E-state index >= 15 is 0 Å². The third kappa shape index (κ3) is 22.8. The summed E-state index contributed by atoms with van der Waals surface area (Å²) in [5.41, 5.74) is 0. The van der Waals surface area contributed by atoms with E-state index in [9.17, 15) is 0 Å². The van der Waals surface area contributed by atoms with Crippen molar-refractivity contribution in [1.82, 2.24) is 0 Å². The van der Waals surface area contributed by atoms with Gasteiger partial charge in [-0.2, -0.15) is 0 Å². The summed E-state index contributed by atoms with van der Waals surface area (Å²) in [6, 6.07) is 0. The first-order chi connectivity index (χ1) is 13.6. The third-order valence-electron chi connectivity index (χ3n) is 6.35. The van der Waals surface area contributed by atoms with Crippen molar-refractivity contribution in [3.05, 3.63) is 0 Å². The fraction of sp³-hybridized carbons (Fsp3) is 1.00. The van der Waals surface area contributed by atoms with Crippen molar-refractivity contribution in [3.8, 4) is 0 Å². The molecular formula is C27H55Br. The summed E-state index contributed by atoms with van der Waals surface area (Å²) >= 11 is 4.02. The third-order valence-corrected chi connectivity index (χ3v) is 7.15. The Morgan fingerprint density at radius 2 is 0.607 bits per heavy atom. The van der Waals surface area contributed by atoms with Crippen molar-refractivity contribution in [1.29, 1.82) is 0 Å². The number of rotatable bonds is 23. The van der Waals surface area contributed by atoms with Crippen molar-refractivity contribution in [2.45, 2.75) is 173 Å². The minimum atomic E-state index is 0.395. The molecule has 0 N–H and O–H groups in total. The molecule has 0 aromatic carbocycles. The first-order valence-corrected chi connectivity index (χ1v) is 14.1. The van der Waals surface area contributed by atoms with Crippen LogP contribution in [0.15, 0.2) is 0 Å². The standard InChI is InChI=1S/C27H55Br/c1-4-6-8-10-12-14-16-18-20-22-24-26-27(3,28)25-23-21-19-17-15-13-11-9-7-5-2/h4-26H2,1-3H3. The number of hydrogen-bond donors (Lipinski definition) is 0. The van der Waals surface area contributed by atoms with Crippen molar-refractivity contribution >= 4 is 15.9 Å². The number of hydrogen-bond acceptors (Lipinski definition) is 0. The summed E-state index contributed by atoms with van der Waals surface area (Å²) in [6.07, 6.45) is 33.1. The van der Waals surface area contributed by atoms with Gasteiger partial charge in [0.05, 0.1) is 0 Å². The Balaban J connectivity index is 3.30. The van der Waals surface area contributed by atoms with E-state index in [1.54, 1.807) is 0 Å². The van der Waals surface area contributed by atoms with Crippen LogP contribution >= 0.6 is 15.9 Å². The second-order valence-electron chi connectivity index (χ2n) is 9.63. The van der Waals surface area contributed by atoms with E-state index in [1.807, 2.05) is 0 Å². The van der Waals surface area contributed by atoms with Crippen LogP contribution < -0.4 is 0 Å².